The van der Waals surface area contributed by atoms with Gasteiger partial charge < -0.3 is 14.6 Å². The third-order valence-corrected chi connectivity index (χ3v) is 6.37. The molecule has 0 aliphatic heterocycles. The van der Waals surface area contributed by atoms with Crippen molar-refractivity contribution in [2.24, 2.45) is 7.05 Å². The summed E-state index contributed by atoms with van der Waals surface area (Å²) in [6.45, 7) is 3.59. The molecule has 2 heterocycles. The van der Waals surface area contributed by atoms with Crippen molar-refractivity contribution in [3.63, 3.8) is 0 Å². The van der Waals surface area contributed by atoms with Gasteiger partial charge in [-0.05, 0) is 61.9 Å². The molecule has 0 bridgehead atoms. The number of nitrogens with zero attached hydrogens (tertiary/aromatic N) is 3. The second-order valence-corrected chi connectivity index (χ2v) is 8.90. The fourth-order valence-electron chi connectivity index (χ4n) is 4.59. The molecule has 1 amide bonds. The Morgan fingerprint density at radius 2 is 1.67 bits per heavy atom. The van der Waals surface area contributed by atoms with E-state index in [-0.39, 0.29) is 12.5 Å². The molecule has 0 spiro atoms. The van der Waals surface area contributed by atoms with Crippen LogP contribution in [0, 0.1) is 13.8 Å². The van der Waals surface area contributed by atoms with E-state index in [1.165, 1.54) is 4.57 Å². The fraction of sp³-hybridized carbons (Fsp3) is 0.179. The number of hydrogen-bond acceptors (Lipinski definition) is 4. The average molecular weight is 483 g/mol. The molecule has 3 aromatic carbocycles. The van der Waals surface area contributed by atoms with Crippen LogP contribution in [0.2, 0.25) is 0 Å². The maximum Gasteiger partial charge on any atom is 0.336 e. The van der Waals surface area contributed by atoms with Gasteiger partial charge in [-0.25, -0.2) is 9.36 Å². The summed E-state index contributed by atoms with van der Waals surface area (Å²) in [6.07, 6.45) is 0. The van der Waals surface area contributed by atoms with Crippen LogP contribution in [-0.4, -0.2) is 26.7 Å². The molecule has 0 radical (unpaired) electrons. The Balaban J connectivity index is 1.78. The van der Waals surface area contributed by atoms with Gasteiger partial charge in [-0.2, -0.15) is 0 Å². The number of carbonyl (C=O) groups is 1. The normalized spacial score (nSPS) is 11.2. The molecule has 0 aliphatic rings. The molecule has 8 heteroatoms. The van der Waals surface area contributed by atoms with Crippen LogP contribution < -0.4 is 21.3 Å². The van der Waals surface area contributed by atoms with Crippen LogP contribution in [0.25, 0.3) is 27.6 Å². The fourth-order valence-corrected chi connectivity index (χ4v) is 4.59. The van der Waals surface area contributed by atoms with E-state index in [2.05, 4.69) is 5.32 Å². The molecule has 36 heavy (non-hydrogen) atoms. The Bertz CT molecular complexity index is 1760. The summed E-state index contributed by atoms with van der Waals surface area (Å²) in [5, 5.41) is 3.52. The summed E-state index contributed by atoms with van der Waals surface area (Å²) in [5.74, 6) is 0.207. The highest BCUT2D eigenvalue weighted by molar-refractivity contribution is 6.07. The van der Waals surface area contributed by atoms with Crippen LogP contribution >= 0.6 is 0 Å². The first-order valence-corrected chi connectivity index (χ1v) is 11.5. The van der Waals surface area contributed by atoms with Crippen molar-refractivity contribution in [2.75, 3.05) is 12.4 Å². The first kappa shape index (κ1) is 23.2. The molecule has 0 unspecified atom stereocenters. The summed E-state index contributed by atoms with van der Waals surface area (Å²) < 4.78 is 9.64. The molecule has 5 rings (SSSR count). The molecule has 0 aliphatic carbocycles. The van der Waals surface area contributed by atoms with Crippen LogP contribution in [0.3, 0.4) is 0 Å². The summed E-state index contributed by atoms with van der Waals surface area (Å²) in [4.78, 5) is 40.7. The molecule has 0 saturated carbocycles. The number of carbonyl (C=O) groups excluding carboxylic acids is 1. The van der Waals surface area contributed by atoms with Crippen molar-refractivity contribution in [3.8, 4) is 11.4 Å². The molecule has 0 saturated heterocycles. The van der Waals surface area contributed by atoms with E-state index >= 15 is 0 Å². The van der Waals surface area contributed by atoms with E-state index < -0.39 is 11.2 Å². The number of anilines is 1. The Morgan fingerprint density at radius 3 is 2.36 bits per heavy atom. The van der Waals surface area contributed by atoms with E-state index in [0.717, 1.165) is 21.2 Å². The topological polar surface area (TPSA) is 87.3 Å². The van der Waals surface area contributed by atoms with Crippen molar-refractivity contribution < 1.29 is 9.53 Å². The molecule has 8 nitrogen and oxygen atoms in total. The SMILES string of the molecule is COc1ccc2c(c1)c1c(c(=O)n(-c3ccc(C)cc3)c(=O)n1CC(=O)Nc1cccc(C)c1)n2C. The number of aryl methyl sites for hydroxylation is 3. The lowest BCUT2D eigenvalue weighted by atomic mass is 10.2. The van der Waals surface area contributed by atoms with Crippen molar-refractivity contribution in [1.29, 1.82) is 0 Å². The second-order valence-electron chi connectivity index (χ2n) is 8.90. The lowest BCUT2D eigenvalue weighted by Gasteiger charge is -2.14. The van der Waals surface area contributed by atoms with Gasteiger partial charge in [-0.1, -0.05) is 29.8 Å². The van der Waals surface area contributed by atoms with Gasteiger partial charge in [0.15, 0.2) is 0 Å². The maximum atomic E-state index is 13.8. The highest BCUT2D eigenvalue weighted by Gasteiger charge is 2.23. The van der Waals surface area contributed by atoms with Gasteiger partial charge in [0.1, 0.15) is 17.8 Å². The molecule has 1 N–H and O–H groups in total. The summed E-state index contributed by atoms with van der Waals surface area (Å²) >= 11 is 0. The Labute approximate surface area is 207 Å². The van der Waals surface area contributed by atoms with Crippen LogP contribution in [0.5, 0.6) is 5.75 Å². The number of rotatable bonds is 5. The van der Waals surface area contributed by atoms with Gasteiger partial charge >= 0.3 is 5.69 Å². The molecule has 0 fully saturated rings. The number of ether oxygens (including phenoxy) is 1. The van der Waals surface area contributed by atoms with E-state index in [9.17, 15) is 14.4 Å². The van der Waals surface area contributed by atoms with Gasteiger partial charge in [0.25, 0.3) is 5.56 Å². The van der Waals surface area contributed by atoms with Gasteiger partial charge in [0.05, 0.1) is 23.8 Å². The summed E-state index contributed by atoms with van der Waals surface area (Å²) in [6, 6.07) is 20.0. The average Bonchev–Trinajstić information content (AvgIpc) is 3.15. The Morgan fingerprint density at radius 1 is 0.917 bits per heavy atom. The smallest absolute Gasteiger partial charge is 0.336 e. The number of amides is 1. The van der Waals surface area contributed by atoms with Crippen LogP contribution in [0.15, 0.2) is 76.3 Å². The predicted octanol–water partition coefficient (Wildman–Crippen LogP) is 3.91. The van der Waals surface area contributed by atoms with Crippen molar-refractivity contribution in [3.05, 3.63) is 98.7 Å². The van der Waals surface area contributed by atoms with Crippen molar-refractivity contribution >= 4 is 33.5 Å². The van der Waals surface area contributed by atoms with Crippen molar-refractivity contribution in [1.82, 2.24) is 13.7 Å². The molecule has 0 atom stereocenters. The van der Waals surface area contributed by atoms with E-state index in [0.29, 0.717) is 33.5 Å². The monoisotopic (exact) mass is 482 g/mol. The largest absolute Gasteiger partial charge is 0.497 e. The molecular weight excluding hydrogens is 456 g/mol. The van der Waals surface area contributed by atoms with Gasteiger partial charge in [0.2, 0.25) is 5.91 Å². The highest BCUT2D eigenvalue weighted by Crippen LogP contribution is 2.29. The van der Waals surface area contributed by atoms with Crippen LogP contribution in [0.4, 0.5) is 5.69 Å². The third-order valence-electron chi connectivity index (χ3n) is 6.37. The Hall–Kier alpha value is -4.59. The number of methoxy groups -OCH3 is 1. The number of nitrogens with one attached hydrogen (secondary N) is 1. The van der Waals surface area contributed by atoms with E-state index in [4.69, 9.17) is 4.74 Å². The number of aromatic nitrogens is 3. The maximum absolute atomic E-state index is 13.8. The highest BCUT2D eigenvalue weighted by atomic mass is 16.5. The van der Waals surface area contributed by atoms with Gasteiger partial charge in [0, 0.05) is 18.1 Å². The lowest BCUT2D eigenvalue weighted by molar-refractivity contribution is -0.116. The van der Waals surface area contributed by atoms with Gasteiger partial charge in [-0.15, -0.1) is 0 Å². The zero-order valence-corrected chi connectivity index (χ0v) is 20.5. The van der Waals surface area contributed by atoms with E-state index in [1.54, 1.807) is 49.1 Å². The molecule has 2 aromatic heterocycles. The molecule has 182 valence electrons. The molecule has 5 aromatic rings. The predicted molar refractivity (Wildman–Crippen MR) is 141 cm³/mol. The third kappa shape index (κ3) is 3.86. The zero-order valence-electron chi connectivity index (χ0n) is 20.5. The zero-order chi connectivity index (χ0) is 25.6. The van der Waals surface area contributed by atoms with Crippen LogP contribution in [-0.2, 0) is 18.4 Å². The number of fused-ring (bicyclic) bond motifs is 3. The number of benzene rings is 3. The second kappa shape index (κ2) is 8.88. The minimum Gasteiger partial charge on any atom is -0.497 e. The quantitative estimate of drug-likeness (QED) is 0.412. The van der Waals surface area contributed by atoms with Crippen molar-refractivity contribution in [2.45, 2.75) is 20.4 Å². The Kier molecular flexibility index (Phi) is 5.72. The lowest BCUT2D eigenvalue weighted by Crippen LogP contribution is -2.41. The standard InChI is InChI=1S/C28H26N4O4/c1-17-8-10-20(11-9-17)32-27(34)26-25(22-15-21(36-4)12-13-23(22)30(26)3)31(28(32)35)16-24(33)29-19-7-5-6-18(2)14-19/h5-15H,16H2,1-4H3,(H,29,33). The van der Waals surface area contributed by atoms with Gasteiger partial charge in [-0.3, -0.25) is 14.2 Å². The summed E-state index contributed by atoms with van der Waals surface area (Å²) in [5.41, 5.74) is 3.49. The minimum absolute atomic E-state index is 0.272. The first-order chi connectivity index (χ1) is 17.3. The summed E-state index contributed by atoms with van der Waals surface area (Å²) in [7, 11) is 3.33. The van der Waals surface area contributed by atoms with E-state index in [1.807, 2.05) is 50.2 Å². The minimum atomic E-state index is -0.592. The molecular formula is C28H26N4O4. The number of hydrogen-bond donors (Lipinski definition) is 1. The van der Waals surface area contributed by atoms with Crippen LogP contribution in [0.1, 0.15) is 11.1 Å². The first-order valence-electron chi connectivity index (χ1n) is 11.5.